The number of imidazole rings is 1. The van der Waals surface area contributed by atoms with E-state index >= 15 is 0 Å². The molecule has 0 unspecified atom stereocenters. The summed E-state index contributed by atoms with van der Waals surface area (Å²) in [7, 11) is -1.72. The minimum Gasteiger partial charge on any atom is -0.330 e. The molecule has 0 amide bonds. The van der Waals surface area contributed by atoms with Gasteiger partial charge in [0.25, 0.3) is 0 Å². The van der Waals surface area contributed by atoms with Gasteiger partial charge in [-0.25, -0.2) is 13.4 Å². The van der Waals surface area contributed by atoms with Crippen molar-refractivity contribution in [1.82, 2.24) is 18.8 Å². The van der Waals surface area contributed by atoms with E-state index in [9.17, 15) is 8.42 Å². The first-order valence-corrected chi connectivity index (χ1v) is 10.3. The molecule has 0 radical (unpaired) electrons. The van der Waals surface area contributed by atoms with Crippen LogP contribution in [0.2, 0.25) is 10.0 Å². The van der Waals surface area contributed by atoms with Gasteiger partial charge in [0.05, 0.1) is 22.1 Å². The minimum absolute atomic E-state index is 0.0248. The number of hydrogen-bond acceptors (Lipinski definition) is 4. The SMILES string of the molecule is Cn1c([C@@H]2CCN(S(=O)(=O)c3cc(Cl)cc(Cl)c3)C2)nc2ccncc21. The molecule has 26 heavy (non-hydrogen) atoms. The van der Waals surface area contributed by atoms with Crippen LogP contribution in [0.15, 0.2) is 41.6 Å². The molecule has 2 aromatic heterocycles. The number of pyridine rings is 1. The average molecular weight is 411 g/mol. The Bertz CT molecular complexity index is 1080. The third-order valence-corrected chi connectivity index (χ3v) is 6.99. The number of aromatic nitrogens is 3. The van der Waals surface area contributed by atoms with Gasteiger partial charge in [0.15, 0.2) is 0 Å². The first-order valence-electron chi connectivity index (χ1n) is 8.09. The van der Waals surface area contributed by atoms with Crippen LogP contribution >= 0.6 is 23.2 Å². The molecular weight excluding hydrogens is 395 g/mol. The first kappa shape index (κ1) is 17.7. The van der Waals surface area contributed by atoms with Gasteiger partial charge >= 0.3 is 0 Å². The molecule has 1 aromatic carbocycles. The van der Waals surface area contributed by atoms with E-state index in [0.29, 0.717) is 29.6 Å². The van der Waals surface area contributed by atoms with Gasteiger partial charge in [-0.05, 0) is 30.7 Å². The van der Waals surface area contributed by atoms with Crippen LogP contribution in [-0.4, -0.2) is 40.3 Å². The summed E-state index contributed by atoms with van der Waals surface area (Å²) in [6.45, 7) is 0.801. The van der Waals surface area contributed by atoms with Gasteiger partial charge in [0, 0.05) is 42.3 Å². The van der Waals surface area contributed by atoms with Gasteiger partial charge in [-0.1, -0.05) is 23.2 Å². The summed E-state index contributed by atoms with van der Waals surface area (Å²) in [6.07, 6.45) is 4.18. The second-order valence-electron chi connectivity index (χ2n) is 6.35. The highest BCUT2D eigenvalue weighted by atomic mass is 35.5. The lowest BCUT2D eigenvalue weighted by molar-refractivity contribution is 0.470. The first-order chi connectivity index (χ1) is 12.4. The van der Waals surface area contributed by atoms with Crippen molar-refractivity contribution in [3.8, 4) is 0 Å². The summed E-state index contributed by atoms with van der Waals surface area (Å²) in [5.41, 5.74) is 1.80. The summed E-state index contributed by atoms with van der Waals surface area (Å²) in [5, 5.41) is 0.601. The largest absolute Gasteiger partial charge is 0.330 e. The highest BCUT2D eigenvalue weighted by Gasteiger charge is 2.35. The molecule has 0 bridgehead atoms. The number of sulfonamides is 1. The summed E-state index contributed by atoms with van der Waals surface area (Å²) in [4.78, 5) is 8.92. The van der Waals surface area contributed by atoms with Gasteiger partial charge in [0.1, 0.15) is 5.82 Å². The second kappa shape index (κ2) is 6.49. The Balaban J connectivity index is 1.64. The Labute approximate surface area is 161 Å². The molecule has 136 valence electrons. The summed E-state index contributed by atoms with van der Waals surface area (Å²) < 4.78 is 29.3. The molecular formula is C17H16Cl2N4O2S. The molecule has 1 aliphatic rings. The monoisotopic (exact) mass is 410 g/mol. The number of nitrogens with zero attached hydrogens (tertiary/aromatic N) is 4. The Hall–Kier alpha value is -1.67. The van der Waals surface area contributed by atoms with Crippen LogP contribution in [0.4, 0.5) is 0 Å². The lowest BCUT2D eigenvalue weighted by Gasteiger charge is -2.17. The average Bonchev–Trinajstić information content (AvgIpc) is 3.20. The van der Waals surface area contributed by atoms with Crippen LogP contribution in [0.1, 0.15) is 18.2 Å². The predicted molar refractivity (Wildman–Crippen MR) is 101 cm³/mol. The molecule has 0 aliphatic carbocycles. The van der Waals surface area contributed by atoms with Crippen molar-refractivity contribution in [1.29, 1.82) is 0 Å². The molecule has 1 aliphatic heterocycles. The van der Waals surface area contributed by atoms with Gasteiger partial charge < -0.3 is 4.57 Å². The molecule has 6 nitrogen and oxygen atoms in total. The number of hydrogen-bond donors (Lipinski definition) is 0. The number of halogens is 2. The molecule has 3 aromatic rings. The summed E-state index contributed by atoms with van der Waals surface area (Å²) >= 11 is 11.9. The van der Waals surface area contributed by atoms with E-state index in [2.05, 4.69) is 9.97 Å². The van der Waals surface area contributed by atoms with E-state index in [1.54, 1.807) is 12.4 Å². The topological polar surface area (TPSA) is 68.1 Å². The van der Waals surface area contributed by atoms with Gasteiger partial charge in [-0.15, -0.1) is 0 Å². The normalized spacial score (nSPS) is 18.7. The van der Waals surface area contributed by atoms with Crippen LogP contribution in [-0.2, 0) is 17.1 Å². The van der Waals surface area contributed by atoms with E-state index in [0.717, 1.165) is 16.9 Å². The molecule has 1 atom stereocenters. The van der Waals surface area contributed by atoms with Crippen LogP contribution < -0.4 is 0 Å². The number of benzene rings is 1. The number of aryl methyl sites for hydroxylation is 1. The molecule has 0 saturated carbocycles. The van der Waals surface area contributed by atoms with E-state index in [1.807, 2.05) is 17.7 Å². The maximum absolute atomic E-state index is 12.9. The predicted octanol–water partition coefficient (Wildman–Crippen LogP) is 3.45. The third kappa shape index (κ3) is 2.99. The Morgan fingerprint density at radius 1 is 1.19 bits per heavy atom. The number of rotatable bonds is 3. The van der Waals surface area contributed by atoms with E-state index in [4.69, 9.17) is 23.2 Å². The van der Waals surface area contributed by atoms with Gasteiger partial charge in [-0.3, -0.25) is 4.98 Å². The Morgan fingerprint density at radius 3 is 2.62 bits per heavy atom. The van der Waals surface area contributed by atoms with Crippen molar-refractivity contribution >= 4 is 44.3 Å². The van der Waals surface area contributed by atoms with Crippen molar-refractivity contribution in [2.24, 2.45) is 7.05 Å². The lowest BCUT2D eigenvalue weighted by atomic mass is 10.1. The maximum atomic E-state index is 12.9. The summed E-state index contributed by atoms with van der Waals surface area (Å²) in [5.74, 6) is 0.895. The van der Waals surface area contributed by atoms with Crippen LogP contribution in [0, 0.1) is 0 Å². The Morgan fingerprint density at radius 2 is 1.92 bits per heavy atom. The van der Waals surface area contributed by atoms with Crippen molar-refractivity contribution < 1.29 is 8.42 Å². The molecule has 4 rings (SSSR count). The highest BCUT2D eigenvalue weighted by molar-refractivity contribution is 7.89. The zero-order valence-electron chi connectivity index (χ0n) is 13.9. The van der Waals surface area contributed by atoms with E-state index in [-0.39, 0.29) is 10.8 Å². The standard InChI is InChI=1S/C17H16Cl2N4O2S/c1-22-16-9-20-4-2-15(16)21-17(22)11-3-5-23(10-11)26(24,25)14-7-12(18)6-13(19)8-14/h2,4,6-9,11H,3,5,10H2,1H3/t11-/m1/s1. The molecule has 1 fully saturated rings. The van der Waals surface area contributed by atoms with E-state index < -0.39 is 10.0 Å². The molecule has 0 N–H and O–H groups in total. The zero-order chi connectivity index (χ0) is 18.5. The minimum atomic E-state index is -3.65. The quantitative estimate of drug-likeness (QED) is 0.662. The fourth-order valence-electron chi connectivity index (χ4n) is 3.40. The fourth-order valence-corrected chi connectivity index (χ4v) is 5.63. The van der Waals surface area contributed by atoms with Crippen LogP contribution in [0.25, 0.3) is 11.0 Å². The molecule has 0 spiro atoms. The van der Waals surface area contributed by atoms with Crippen molar-refractivity contribution in [2.75, 3.05) is 13.1 Å². The third-order valence-electron chi connectivity index (χ3n) is 4.71. The van der Waals surface area contributed by atoms with Gasteiger partial charge in [0.2, 0.25) is 10.0 Å². The van der Waals surface area contributed by atoms with Crippen molar-refractivity contribution in [2.45, 2.75) is 17.2 Å². The van der Waals surface area contributed by atoms with E-state index in [1.165, 1.54) is 22.5 Å². The Kier molecular flexibility index (Phi) is 4.43. The highest BCUT2D eigenvalue weighted by Crippen LogP contribution is 2.33. The summed E-state index contributed by atoms with van der Waals surface area (Å²) in [6, 6.07) is 6.23. The lowest BCUT2D eigenvalue weighted by Crippen LogP contribution is -2.29. The fraction of sp³-hybridized carbons (Fsp3) is 0.294. The zero-order valence-corrected chi connectivity index (χ0v) is 16.3. The smallest absolute Gasteiger partial charge is 0.243 e. The maximum Gasteiger partial charge on any atom is 0.243 e. The van der Waals surface area contributed by atoms with Crippen molar-refractivity contribution in [3.05, 3.63) is 52.5 Å². The van der Waals surface area contributed by atoms with Crippen LogP contribution in [0.5, 0.6) is 0 Å². The molecule has 9 heteroatoms. The van der Waals surface area contributed by atoms with Crippen molar-refractivity contribution in [3.63, 3.8) is 0 Å². The van der Waals surface area contributed by atoms with Crippen LogP contribution in [0.3, 0.4) is 0 Å². The molecule has 3 heterocycles. The molecule has 1 saturated heterocycles. The number of fused-ring (bicyclic) bond motifs is 1. The van der Waals surface area contributed by atoms with Gasteiger partial charge in [-0.2, -0.15) is 4.31 Å². The second-order valence-corrected chi connectivity index (χ2v) is 9.16.